The third kappa shape index (κ3) is 22.2. The van der Waals surface area contributed by atoms with E-state index < -0.39 is 0 Å². The van der Waals surface area contributed by atoms with Gasteiger partial charge in [-0.15, -0.1) is 0 Å². The van der Waals surface area contributed by atoms with Crippen molar-refractivity contribution in [2.24, 2.45) is 0 Å². The minimum atomic E-state index is 0.550. The van der Waals surface area contributed by atoms with Gasteiger partial charge < -0.3 is 9.80 Å². The smallest absolute Gasteiger partial charge is 0.101 e. The second-order valence-electron chi connectivity index (χ2n) is 14.9. The molecule has 0 aromatic heterocycles. The highest BCUT2D eigenvalue weighted by atomic mass is 15.4. The molecule has 2 nitrogen and oxygen atoms in total. The summed E-state index contributed by atoms with van der Waals surface area (Å²) in [4.78, 5) is 5.29. The molecule has 1 atom stereocenters. The van der Waals surface area contributed by atoms with E-state index in [1.165, 1.54) is 211 Å². The van der Waals surface area contributed by atoms with Crippen LogP contribution in [-0.4, -0.2) is 22.5 Å². The van der Waals surface area contributed by atoms with E-state index in [1.54, 1.807) is 0 Å². The fourth-order valence-electron chi connectivity index (χ4n) is 7.43. The summed E-state index contributed by atoms with van der Waals surface area (Å²) >= 11 is 0. The molecule has 1 aliphatic heterocycles. The summed E-state index contributed by atoms with van der Waals surface area (Å²) in [5.74, 6) is 0. The van der Waals surface area contributed by atoms with E-state index in [0.29, 0.717) is 6.17 Å². The van der Waals surface area contributed by atoms with Crippen LogP contribution < -0.4 is 0 Å². The Labute approximate surface area is 289 Å². The zero-order valence-corrected chi connectivity index (χ0v) is 31.3. The summed E-state index contributed by atoms with van der Waals surface area (Å²) < 4.78 is 0. The van der Waals surface area contributed by atoms with Crippen molar-refractivity contribution in [1.29, 1.82) is 0 Å². The van der Waals surface area contributed by atoms with E-state index in [1.807, 2.05) is 0 Å². The maximum atomic E-state index is 2.68. The van der Waals surface area contributed by atoms with Crippen molar-refractivity contribution in [1.82, 2.24) is 9.80 Å². The van der Waals surface area contributed by atoms with Gasteiger partial charge in [0, 0.05) is 25.5 Å². The molecule has 1 aromatic carbocycles. The van der Waals surface area contributed by atoms with Gasteiger partial charge in [-0.05, 0) is 24.8 Å². The van der Waals surface area contributed by atoms with Gasteiger partial charge in [0.2, 0.25) is 0 Å². The Morgan fingerprint density at radius 1 is 0.391 bits per heavy atom. The summed E-state index contributed by atoms with van der Waals surface area (Å²) in [5, 5.41) is 0. The van der Waals surface area contributed by atoms with Gasteiger partial charge >= 0.3 is 0 Å². The van der Waals surface area contributed by atoms with E-state index >= 15 is 0 Å². The van der Waals surface area contributed by atoms with Crippen LogP contribution in [0.1, 0.15) is 218 Å². The predicted molar refractivity (Wildman–Crippen MR) is 206 cm³/mol. The molecule has 0 saturated carbocycles. The zero-order chi connectivity index (χ0) is 32.6. The Morgan fingerprint density at radius 2 is 0.739 bits per heavy atom. The van der Waals surface area contributed by atoms with E-state index in [9.17, 15) is 0 Å². The SMILES string of the molecule is CCCCCCCCCCCCCCCCCCC1N(CCCCCCCCCCCCCCCC)C=CN1Cc1ccccc1. The van der Waals surface area contributed by atoms with Crippen LogP contribution in [-0.2, 0) is 6.54 Å². The molecule has 0 radical (unpaired) electrons. The lowest BCUT2D eigenvalue weighted by molar-refractivity contribution is 0.132. The van der Waals surface area contributed by atoms with Gasteiger partial charge in [-0.25, -0.2) is 0 Å². The van der Waals surface area contributed by atoms with Crippen molar-refractivity contribution < 1.29 is 0 Å². The molecule has 1 heterocycles. The lowest BCUT2D eigenvalue weighted by Gasteiger charge is -2.33. The second-order valence-corrected chi connectivity index (χ2v) is 14.9. The van der Waals surface area contributed by atoms with Crippen molar-refractivity contribution in [2.75, 3.05) is 6.54 Å². The highest BCUT2D eigenvalue weighted by molar-refractivity contribution is 5.16. The Bertz CT molecular complexity index is 773. The fraction of sp³-hybridized carbons (Fsp3) is 0.818. The molecule has 2 heteroatoms. The van der Waals surface area contributed by atoms with Crippen LogP contribution >= 0.6 is 0 Å². The Morgan fingerprint density at radius 3 is 1.15 bits per heavy atom. The molecule has 0 aliphatic carbocycles. The maximum Gasteiger partial charge on any atom is 0.101 e. The van der Waals surface area contributed by atoms with Gasteiger partial charge in [0.05, 0.1) is 0 Å². The largest absolute Gasteiger partial charge is 0.356 e. The summed E-state index contributed by atoms with van der Waals surface area (Å²) in [5.41, 5.74) is 1.43. The summed E-state index contributed by atoms with van der Waals surface area (Å²) in [6.45, 7) is 6.88. The van der Waals surface area contributed by atoms with Crippen LogP contribution in [0.5, 0.6) is 0 Å². The minimum Gasteiger partial charge on any atom is -0.356 e. The summed E-state index contributed by atoms with van der Waals surface area (Å²) in [6, 6.07) is 11.1. The minimum absolute atomic E-state index is 0.550. The first-order valence-corrected chi connectivity index (χ1v) is 21.1. The van der Waals surface area contributed by atoms with E-state index in [-0.39, 0.29) is 0 Å². The third-order valence-electron chi connectivity index (χ3n) is 10.5. The van der Waals surface area contributed by atoms with Crippen molar-refractivity contribution in [2.45, 2.75) is 226 Å². The fourth-order valence-corrected chi connectivity index (χ4v) is 7.43. The van der Waals surface area contributed by atoms with Gasteiger partial charge in [0.15, 0.2) is 0 Å². The van der Waals surface area contributed by atoms with E-state index in [2.05, 4.69) is 66.4 Å². The average Bonchev–Trinajstić information content (AvgIpc) is 3.45. The van der Waals surface area contributed by atoms with E-state index in [0.717, 1.165) is 6.54 Å². The molecule has 0 saturated heterocycles. The number of nitrogens with zero attached hydrogens (tertiary/aromatic N) is 2. The third-order valence-corrected chi connectivity index (χ3v) is 10.5. The topological polar surface area (TPSA) is 6.48 Å². The molecule has 1 aromatic rings. The Balaban J connectivity index is 1.51. The zero-order valence-electron chi connectivity index (χ0n) is 31.3. The molecule has 0 spiro atoms. The molecule has 1 unspecified atom stereocenters. The number of hydrogen-bond donors (Lipinski definition) is 0. The van der Waals surface area contributed by atoms with Crippen molar-refractivity contribution in [3.63, 3.8) is 0 Å². The van der Waals surface area contributed by atoms with Crippen LogP contribution in [0.2, 0.25) is 0 Å². The molecule has 0 bridgehead atoms. The van der Waals surface area contributed by atoms with Crippen LogP contribution in [0.25, 0.3) is 0 Å². The van der Waals surface area contributed by atoms with Crippen LogP contribution in [0, 0.1) is 0 Å². The summed E-state index contributed by atoms with van der Waals surface area (Å²) in [7, 11) is 0. The second kappa shape index (κ2) is 30.9. The van der Waals surface area contributed by atoms with Gasteiger partial charge in [-0.2, -0.15) is 0 Å². The van der Waals surface area contributed by atoms with Crippen molar-refractivity contribution in [3.05, 3.63) is 48.3 Å². The normalized spacial score (nSPS) is 14.6. The standard InChI is InChI=1S/C44H80N2/c1-3-5-7-9-11-13-15-17-19-20-21-23-25-27-29-34-38-44-45(40-41-46(44)42-43-36-32-31-33-37-43)39-35-30-28-26-24-22-18-16-14-12-10-8-6-4-2/h31-33,36-37,40-41,44H,3-30,34-35,38-39,42H2,1-2H3. The first-order valence-electron chi connectivity index (χ1n) is 21.1. The number of hydrogen-bond acceptors (Lipinski definition) is 2. The average molecular weight is 637 g/mol. The van der Waals surface area contributed by atoms with Gasteiger partial charge in [-0.3, -0.25) is 0 Å². The maximum absolute atomic E-state index is 2.68. The monoisotopic (exact) mass is 637 g/mol. The molecule has 0 fully saturated rings. The van der Waals surface area contributed by atoms with Gasteiger partial charge in [0.1, 0.15) is 6.17 Å². The molecule has 0 amide bonds. The molecule has 46 heavy (non-hydrogen) atoms. The van der Waals surface area contributed by atoms with E-state index in [4.69, 9.17) is 0 Å². The Kier molecular flexibility index (Phi) is 27.3. The molecule has 2 rings (SSSR count). The van der Waals surface area contributed by atoms with Crippen molar-refractivity contribution in [3.8, 4) is 0 Å². The highest BCUT2D eigenvalue weighted by Gasteiger charge is 2.25. The number of benzene rings is 1. The van der Waals surface area contributed by atoms with Crippen molar-refractivity contribution >= 4 is 0 Å². The molecular weight excluding hydrogens is 556 g/mol. The first-order chi connectivity index (χ1) is 22.8. The van der Waals surface area contributed by atoms with Crippen LogP contribution in [0.4, 0.5) is 0 Å². The first kappa shape index (κ1) is 40.7. The molecule has 0 N–H and O–H groups in total. The lowest BCUT2D eigenvalue weighted by Crippen LogP contribution is -2.38. The predicted octanol–water partition coefficient (Wildman–Crippen LogP) is 14.7. The molecule has 266 valence electrons. The summed E-state index contributed by atoms with van der Waals surface area (Å²) in [6.07, 6.45) is 49.8. The quantitative estimate of drug-likeness (QED) is 0.0694. The van der Waals surface area contributed by atoms with Crippen LogP contribution in [0.3, 0.4) is 0 Å². The highest BCUT2D eigenvalue weighted by Crippen LogP contribution is 2.25. The van der Waals surface area contributed by atoms with Crippen LogP contribution in [0.15, 0.2) is 42.7 Å². The number of unbranched alkanes of at least 4 members (excludes halogenated alkanes) is 28. The lowest BCUT2D eigenvalue weighted by atomic mass is 10.0. The molecule has 1 aliphatic rings. The molecular formula is C44H80N2. The number of rotatable bonds is 34. The van der Waals surface area contributed by atoms with Gasteiger partial charge in [0.25, 0.3) is 0 Å². The Hall–Kier alpha value is -1.44. The van der Waals surface area contributed by atoms with Gasteiger partial charge in [-0.1, -0.05) is 224 Å².